The third kappa shape index (κ3) is 4.40. The summed E-state index contributed by atoms with van der Waals surface area (Å²) in [5.41, 5.74) is -0.830. The monoisotopic (exact) mass is 277 g/mol. The highest BCUT2D eigenvalue weighted by Crippen LogP contribution is 2.22. The molecule has 17 heavy (non-hydrogen) atoms. The average molecular weight is 278 g/mol. The predicted octanol–water partition coefficient (Wildman–Crippen LogP) is -3.03. The predicted molar refractivity (Wildman–Crippen MR) is 58.8 cm³/mol. The smallest absolute Gasteiger partial charge is 0.245 e. The molecule has 0 spiro atoms. The molecule has 1 aromatic heterocycles. The van der Waals surface area contributed by atoms with E-state index in [9.17, 15) is 0 Å². The Morgan fingerprint density at radius 2 is 1.94 bits per heavy atom. The number of ether oxygens (including phenoxy) is 3. The molecule has 1 aromatic rings. The second-order valence-electron chi connectivity index (χ2n) is 3.58. The first-order valence-electron chi connectivity index (χ1n) is 4.95. The zero-order chi connectivity index (χ0) is 12.2. The summed E-state index contributed by atoms with van der Waals surface area (Å²) in [4.78, 5) is 0. The first kappa shape index (κ1) is 16.6. The molecule has 0 saturated carbocycles. The van der Waals surface area contributed by atoms with E-state index in [1.807, 2.05) is 34.9 Å². The number of halogens is 1. The Hall–Kier alpha value is -0.403. The van der Waals surface area contributed by atoms with Crippen molar-refractivity contribution in [3.05, 3.63) is 18.7 Å². The molecule has 1 heterocycles. The van der Waals surface area contributed by atoms with Crippen LogP contribution in [0.25, 0.3) is 0 Å². The molecule has 97 valence electrons. The summed E-state index contributed by atoms with van der Waals surface area (Å²) in [5, 5.41) is 0. The summed E-state index contributed by atoms with van der Waals surface area (Å²) in [7, 11) is 10.2. The maximum Gasteiger partial charge on any atom is 0.245 e. The maximum atomic E-state index is 5.41. The standard InChI is InChI=1S/C10H18N2O3Si.ClH/c1-11-5-6-12(8-11)9(13-2)7-10(16,14-3)15-4;/h5-6,8-9H,7H2,1-4H3;1H/q+1;/p-1. The van der Waals surface area contributed by atoms with Gasteiger partial charge in [0.2, 0.25) is 12.6 Å². The number of hydrogen-bond acceptors (Lipinski definition) is 3. The highest BCUT2D eigenvalue weighted by molar-refractivity contribution is 6.13. The van der Waals surface area contributed by atoms with Crippen LogP contribution in [0, 0.1) is 0 Å². The fraction of sp³-hybridized carbons (Fsp3) is 0.700. The number of rotatable bonds is 6. The highest BCUT2D eigenvalue weighted by atomic mass is 35.5. The Morgan fingerprint density at radius 3 is 2.29 bits per heavy atom. The highest BCUT2D eigenvalue weighted by Gasteiger charge is 2.31. The summed E-state index contributed by atoms with van der Waals surface area (Å²) in [6.45, 7) is 0. The normalized spacial score (nSPS) is 13.2. The lowest BCUT2D eigenvalue weighted by molar-refractivity contribution is -0.671. The van der Waals surface area contributed by atoms with Gasteiger partial charge in [0.25, 0.3) is 0 Å². The number of aryl methyl sites for hydroxylation is 1. The van der Waals surface area contributed by atoms with Crippen LogP contribution in [0.4, 0.5) is 0 Å². The SMILES string of the molecule is COC(CC([Si])(OC)OC)n1cc[n+](C)c1.[Cl-]. The fourth-order valence-corrected chi connectivity index (χ4v) is 1.60. The van der Waals surface area contributed by atoms with Crippen LogP contribution in [-0.2, 0) is 21.3 Å². The van der Waals surface area contributed by atoms with E-state index in [1.165, 1.54) is 0 Å². The Bertz CT molecular complexity index is 331. The van der Waals surface area contributed by atoms with Crippen LogP contribution in [0.3, 0.4) is 0 Å². The van der Waals surface area contributed by atoms with Gasteiger partial charge in [0, 0.05) is 21.3 Å². The van der Waals surface area contributed by atoms with Crippen LogP contribution >= 0.6 is 0 Å². The summed E-state index contributed by atoms with van der Waals surface area (Å²) in [6, 6.07) is 0. The van der Waals surface area contributed by atoms with Crippen molar-refractivity contribution in [3.63, 3.8) is 0 Å². The molecule has 0 fully saturated rings. The number of hydrogen-bond donors (Lipinski definition) is 0. The first-order chi connectivity index (χ1) is 7.54. The van der Waals surface area contributed by atoms with Gasteiger partial charge in [0.15, 0.2) is 0 Å². The van der Waals surface area contributed by atoms with Crippen molar-refractivity contribution in [1.29, 1.82) is 0 Å². The van der Waals surface area contributed by atoms with E-state index >= 15 is 0 Å². The van der Waals surface area contributed by atoms with Gasteiger partial charge in [0.05, 0.1) is 13.5 Å². The van der Waals surface area contributed by atoms with Gasteiger partial charge in [-0.05, 0) is 0 Å². The third-order valence-electron chi connectivity index (χ3n) is 2.50. The van der Waals surface area contributed by atoms with E-state index in [4.69, 9.17) is 14.2 Å². The molecular weight excluding hydrogens is 260 g/mol. The molecule has 0 N–H and O–H groups in total. The molecule has 0 aliphatic heterocycles. The minimum Gasteiger partial charge on any atom is -1.00 e. The molecule has 0 aromatic carbocycles. The molecule has 1 unspecified atom stereocenters. The van der Waals surface area contributed by atoms with Crippen LogP contribution in [0.2, 0.25) is 0 Å². The Balaban J connectivity index is 0.00000256. The van der Waals surface area contributed by atoms with Gasteiger partial charge in [0.1, 0.15) is 28.0 Å². The topological polar surface area (TPSA) is 36.5 Å². The van der Waals surface area contributed by atoms with Crippen LogP contribution in [0.5, 0.6) is 0 Å². The van der Waals surface area contributed by atoms with E-state index in [0.29, 0.717) is 6.42 Å². The van der Waals surface area contributed by atoms with Crippen molar-refractivity contribution >= 4 is 10.2 Å². The van der Waals surface area contributed by atoms with Crippen LogP contribution in [0.1, 0.15) is 12.6 Å². The van der Waals surface area contributed by atoms with Crippen LogP contribution in [-0.4, -0.2) is 41.5 Å². The Kier molecular flexibility index (Phi) is 6.96. The van der Waals surface area contributed by atoms with Gasteiger partial charge in [-0.1, -0.05) is 0 Å². The molecule has 0 aliphatic carbocycles. The maximum absolute atomic E-state index is 5.41. The van der Waals surface area contributed by atoms with Gasteiger partial charge < -0.3 is 26.6 Å². The molecule has 3 radical (unpaired) electrons. The fourth-order valence-electron chi connectivity index (χ4n) is 1.43. The van der Waals surface area contributed by atoms with Crippen molar-refractivity contribution < 1.29 is 31.2 Å². The molecule has 7 heteroatoms. The van der Waals surface area contributed by atoms with E-state index in [0.717, 1.165) is 0 Å². The molecule has 0 aliphatic rings. The third-order valence-corrected chi connectivity index (χ3v) is 3.11. The van der Waals surface area contributed by atoms with E-state index in [-0.39, 0.29) is 18.6 Å². The molecule has 5 nitrogen and oxygen atoms in total. The zero-order valence-corrected chi connectivity index (χ0v) is 12.3. The first-order valence-corrected chi connectivity index (χ1v) is 5.45. The average Bonchev–Trinajstić information content (AvgIpc) is 2.72. The van der Waals surface area contributed by atoms with Gasteiger partial charge in [-0.25, -0.2) is 9.13 Å². The number of aromatic nitrogens is 2. The summed E-state index contributed by atoms with van der Waals surface area (Å²) in [6.07, 6.45) is 6.19. The Labute approximate surface area is 111 Å². The van der Waals surface area contributed by atoms with E-state index in [2.05, 4.69) is 10.2 Å². The van der Waals surface area contributed by atoms with Gasteiger partial charge in [-0.15, -0.1) is 0 Å². The number of methoxy groups -OCH3 is 3. The van der Waals surface area contributed by atoms with Crippen molar-refractivity contribution in [2.45, 2.75) is 18.1 Å². The lowest BCUT2D eigenvalue weighted by atomic mass is 10.3. The minimum atomic E-state index is -0.830. The Morgan fingerprint density at radius 1 is 1.35 bits per heavy atom. The second kappa shape index (κ2) is 7.12. The van der Waals surface area contributed by atoms with Crippen molar-refractivity contribution in [3.8, 4) is 0 Å². The molecule has 0 amide bonds. The lowest BCUT2D eigenvalue weighted by Gasteiger charge is -2.28. The molecular formula is C10H18ClN2O3Si. The van der Waals surface area contributed by atoms with Crippen molar-refractivity contribution in [1.82, 2.24) is 4.57 Å². The van der Waals surface area contributed by atoms with Crippen molar-refractivity contribution in [2.75, 3.05) is 21.3 Å². The molecule has 1 rings (SSSR count). The van der Waals surface area contributed by atoms with E-state index < -0.39 is 5.41 Å². The van der Waals surface area contributed by atoms with E-state index in [1.54, 1.807) is 21.3 Å². The summed E-state index contributed by atoms with van der Waals surface area (Å²) >= 11 is 0. The molecule has 0 saturated heterocycles. The number of nitrogens with zero attached hydrogens (tertiary/aromatic N) is 2. The lowest BCUT2D eigenvalue weighted by Crippen LogP contribution is -3.00. The largest absolute Gasteiger partial charge is 1.00 e. The summed E-state index contributed by atoms with van der Waals surface area (Å²) in [5.74, 6) is 0. The summed E-state index contributed by atoms with van der Waals surface area (Å²) < 4.78 is 19.8. The molecule has 0 bridgehead atoms. The second-order valence-corrected chi connectivity index (χ2v) is 4.34. The molecule has 1 atom stereocenters. The van der Waals surface area contributed by atoms with Crippen LogP contribution in [0.15, 0.2) is 18.7 Å². The number of imidazole rings is 1. The zero-order valence-electron chi connectivity index (χ0n) is 10.5. The van der Waals surface area contributed by atoms with Gasteiger partial charge >= 0.3 is 0 Å². The van der Waals surface area contributed by atoms with Crippen LogP contribution < -0.4 is 17.0 Å². The van der Waals surface area contributed by atoms with Crippen molar-refractivity contribution in [2.24, 2.45) is 7.05 Å². The van der Waals surface area contributed by atoms with Gasteiger partial charge in [-0.3, -0.25) is 0 Å². The minimum absolute atomic E-state index is 0. The quantitative estimate of drug-likeness (QED) is 0.315. The van der Waals surface area contributed by atoms with Gasteiger partial charge in [-0.2, -0.15) is 0 Å².